The van der Waals surface area contributed by atoms with Crippen LogP contribution in [-0.4, -0.2) is 25.0 Å². The van der Waals surface area contributed by atoms with Gasteiger partial charge < -0.3 is 10.6 Å². The van der Waals surface area contributed by atoms with Gasteiger partial charge in [0.2, 0.25) is 5.91 Å². The molecule has 1 aliphatic heterocycles. The highest BCUT2D eigenvalue weighted by Crippen LogP contribution is 2.14. The van der Waals surface area contributed by atoms with Crippen LogP contribution in [0.1, 0.15) is 37.3 Å². The molecule has 0 saturated carbocycles. The summed E-state index contributed by atoms with van der Waals surface area (Å²) in [4.78, 5) is 11.8. The molecule has 2 rings (SSSR count). The Morgan fingerprint density at radius 3 is 2.67 bits per heavy atom. The summed E-state index contributed by atoms with van der Waals surface area (Å²) in [6, 6.07) is 8.66. The van der Waals surface area contributed by atoms with Gasteiger partial charge >= 0.3 is 0 Å². The summed E-state index contributed by atoms with van der Waals surface area (Å²) in [6.45, 7) is 6.26. The molecule has 0 aliphatic carbocycles. The Morgan fingerprint density at radius 2 is 2.11 bits per heavy atom. The first-order chi connectivity index (χ1) is 8.65. The van der Waals surface area contributed by atoms with Crippen LogP contribution in [0.25, 0.3) is 0 Å². The van der Waals surface area contributed by atoms with Gasteiger partial charge in [0.05, 0.1) is 6.42 Å². The van der Waals surface area contributed by atoms with Gasteiger partial charge in [-0.2, -0.15) is 0 Å². The summed E-state index contributed by atoms with van der Waals surface area (Å²) in [6.07, 6.45) is 1.52. The molecule has 1 aromatic carbocycles. The van der Waals surface area contributed by atoms with Crippen LogP contribution in [0.15, 0.2) is 24.3 Å². The molecule has 0 aromatic heterocycles. The average Bonchev–Trinajstić information content (AvgIpc) is 2.82. The van der Waals surface area contributed by atoms with Gasteiger partial charge in [0.15, 0.2) is 0 Å². The molecule has 1 heterocycles. The minimum absolute atomic E-state index is 0.126. The first kappa shape index (κ1) is 13.1. The van der Waals surface area contributed by atoms with E-state index >= 15 is 0 Å². The Labute approximate surface area is 109 Å². The summed E-state index contributed by atoms with van der Waals surface area (Å²) in [7, 11) is 0. The second kappa shape index (κ2) is 6.01. The molecular weight excluding hydrogens is 224 g/mol. The van der Waals surface area contributed by atoms with E-state index < -0.39 is 0 Å². The van der Waals surface area contributed by atoms with Gasteiger partial charge in [-0.05, 0) is 30.0 Å². The van der Waals surface area contributed by atoms with Crippen LogP contribution in [-0.2, 0) is 11.2 Å². The van der Waals surface area contributed by atoms with E-state index in [0.29, 0.717) is 18.4 Å². The van der Waals surface area contributed by atoms with Crippen molar-refractivity contribution in [2.75, 3.05) is 13.1 Å². The van der Waals surface area contributed by atoms with E-state index in [4.69, 9.17) is 0 Å². The van der Waals surface area contributed by atoms with Crippen molar-refractivity contribution in [2.45, 2.75) is 38.6 Å². The fourth-order valence-corrected chi connectivity index (χ4v) is 2.26. The predicted octanol–water partition coefficient (Wildman–Crippen LogP) is 1.83. The molecule has 1 aliphatic rings. The first-order valence-electron chi connectivity index (χ1n) is 6.74. The molecule has 1 aromatic rings. The topological polar surface area (TPSA) is 41.1 Å². The van der Waals surface area contributed by atoms with Crippen molar-refractivity contribution in [1.29, 1.82) is 0 Å². The molecule has 0 radical (unpaired) electrons. The minimum Gasteiger partial charge on any atom is -0.352 e. The van der Waals surface area contributed by atoms with Crippen molar-refractivity contribution in [3.05, 3.63) is 35.4 Å². The fourth-order valence-electron chi connectivity index (χ4n) is 2.26. The van der Waals surface area contributed by atoms with E-state index in [-0.39, 0.29) is 5.91 Å². The lowest BCUT2D eigenvalue weighted by molar-refractivity contribution is -0.121. The summed E-state index contributed by atoms with van der Waals surface area (Å²) in [5.41, 5.74) is 2.40. The summed E-state index contributed by atoms with van der Waals surface area (Å²) >= 11 is 0. The third kappa shape index (κ3) is 3.57. The standard InChI is InChI=1S/C15H22N2O/c1-11(2)13-5-3-12(4-6-13)9-15(18)17-14-7-8-16-10-14/h3-6,11,14,16H,7-10H2,1-2H3,(H,17,18)/t14-/m0/s1. The highest BCUT2D eigenvalue weighted by atomic mass is 16.1. The SMILES string of the molecule is CC(C)c1ccc(CC(=O)N[C@H]2CCNC2)cc1. The largest absolute Gasteiger partial charge is 0.352 e. The monoisotopic (exact) mass is 246 g/mol. The number of hydrogen-bond donors (Lipinski definition) is 2. The fraction of sp³-hybridized carbons (Fsp3) is 0.533. The molecule has 98 valence electrons. The number of nitrogens with one attached hydrogen (secondary N) is 2. The lowest BCUT2D eigenvalue weighted by Crippen LogP contribution is -2.37. The highest BCUT2D eigenvalue weighted by Gasteiger charge is 2.16. The minimum atomic E-state index is 0.126. The van der Waals surface area contributed by atoms with Gasteiger partial charge in [-0.3, -0.25) is 4.79 Å². The number of rotatable bonds is 4. The molecule has 1 atom stereocenters. The van der Waals surface area contributed by atoms with E-state index in [1.807, 2.05) is 0 Å². The smallest absolute Gasteiger partial charge is 0.224 e. The molecule has 0 spiro atoms. The number of hydrogen-bond acceptors (Lipinski definition) is 2. The molecule has 1 amide bonds. The van der Waals surface area contributed by atoms with Crippen LogP contribution < -0.4 is 10.6 Å². The summed E-state index contributed by atoms with van der Waals surface area (Å²) in [5, 5.41) is 6.31. The van der Waals surface area contributed by atoms with E-state index in [1.165, 1.54) is 5.56 Å². The van der Waals surface area contributed by atoms with E-state index in [0.717, 1.165) is 25.1 Å². The summed E-state index contributed by atoms with van der Waals surface area (Å²) in [5.74, 6) is 0.665. The zero-order chi connectivity index (χ0) is 13.0. The van der Waals surface area contributed by atoms with E-state index in [2.05, 4.69) is 48.7 Å². The number of amides is 1. The maximum Gasteiger partial charge on any atom is 0.224 e. The maximum atomic E-state index is 11.8. The molecule has 1 fully saturated rings. The predicted molar refractivity (Wildman–Crippen MR) is 73.7 cm³/mol. The number of carbonyl (C=O) groups excluding carboxylic acids is 1. The molecule has 2 N–H and O–H groups in total. The third-order valence-electron chi connectivity index (χ3n) is 3.44. The van der Waals surface area contributed by atoms with Gasteiger partial charge in [-0.25, -0.2) is 0 Å². The molecular formula is C15H22N2O. The van der Waals surface area contributed by atoms with E-state index in [9.17, 15) is 4.79 Å². The first-order valence-corrected chi connectivity index (χ1v) is 6.74. The van der Waals surface area contributed by atoms with Crippen LogP contribution in [0, 0.1) is 0 Å². The maximum absolute atomic E-state index is 11.8. The van der Waals surface area contributed by atoms with Crippen LogP contribution in [0.5, 0.6) is 0 Å². The Hall–Kier alpha value is -1.35. The van der Waals surface area contributed by atoms with Crippen LogP contribution >= 0.6 is 0 Å². The third-order valence-corrected chi connectivity index (χ3v) is 3.44. The van der Waals surface area contributed by atoms with Crippen molar-refractivity contribution < 1.29 is 4.79 Å². The Bertz CT molecular complexity index is 391. The average molecular weight is 246 g/mol. The van der Waals surface area contributed by atoms with Crippen LogP contribution in [0.3, 0.4) is 0 Å². The highest BCUT2D eigenvalue weighted by molar-refractivity contribution is 5.78. The molecule has 3 heteroatoms. The van der Waals surface area contributed by atoms with Gasteiger partial charge in [0, 0.05) is 12.6 Å². The van der Waals surface area contributed by atoms with Crippen molar-refractivity contribution in [1.82, 2.24) is 10.6 Å². The van der Waals surface area contributed by atoms with Gasteiger partial charge in [0.1, 0.15) is 0 Å². The lowest BCUT2D eigenvalue weighted by atomic mass is 10.0. The quantitative estimate of drug-likeness (QED) is 0.851. The number of benzene rings is 1. The van der Waals surface area contributed by atoms with Crippen LogP contribution in [0.4, 0.5) is 0 Å². The second-order valence-corrected chi connectivity index (χ2v) is 5.33. The normalized spacial score (nSPS) is 19.2. The van der Waals surface area contributed by atoms with Crippen molar-refractivity contribution >= 4 is 5.91 Å². The molecule has 1 saturated heterocycles. The zero-order valence-electron chi connectivity index (χ0n) is 11.2. The molecule has 0 bridgehead atoms. The zero-order valence-corrected chi connectivity index (χ0v) is 11.2. The van der Waals surface area contributed by atoms with Gasteiger partial charge in [0.25, 0.3) is 0 Å². The summed E-state index contributed by atoms with van der Waals surface area (Å²) < 4.78 is 0. The van der Waals surface area contributed by atoms with Crippen molar-refractivity contribution in [2.24, 2.45) is 0 Å². The lowest BCUT2D eigenvalue weighted by Gasteiger charge is -2.11. The Morgan fingerprint density at radius 1 is 1.39 bits per heavy atom. The molecule has 0 unspecified atom stereocenters. The van der Waals surface area contributed by atoms with Gasteiger partial charge in [-0.15, -0.1) is 0 Å². The van der Waals surface area contributed by atoms with Crippen molar-refractivity contribution in [3.8, 4) is 0 Å². The Balaban J connectivity index is 1.86. The number of carbonyl (C=O) groups is 1. The van der Waals surface area contributed by atoms with Crippen molar-refractivity contribution in [3.63, 3.8) is 0 Å². The van der Waals surface area contributed by atoms with E-state index in [1.54, 1.807) is 0 Å². The Kier molecular flexibility index (Phi) is 4.37. The second-order valence-electron chi connectivity index (χ2n) is 5.33. The van der Waals surface area contributed by atoms with Crippen LogP contribution in [0.2, 0.25) is 0 Å². The molecule has 3 nitrogen and oxygen atoms in total. The molecule has 18 heavy (non-hydrogen) atoms. The van der Waals surface area contributed by atoms with Gasteiger partial charge in [-0.1, -0.05) is 38.1 Å².